The first kappa shape index (κ1) is 21.4. The van der Waals surface area contributed by atoms with Crippen molar-refractivity contribution in [2.45, 2.75) is 32.6 Å². The number of anilines is 2. The fourth-order valence-electron chi connectivity index (χ4n) is 3.68. The molecule has 7 heteroatoms. The Morgan fingerprint density at radius 2 is 1.73 bits per heavy atom. The summed E-state index contributed by atoms with van der Waals surface area (Å²) in [5.74, 6) is -1.28. The molecule has 7 nitrogen and oxygen atoms in total. The van der Waals surface area contributed by atoms with Gasteiger partial charge in [0.1, 0.15) is 5.70 Å². The molecule has 0 radical (unpaired) electrons. The van der Waals surface area contributed by atoms with Crippen molar-refractivity contribution in [3.63, 3.8) is 0 Å². The topological polar surface area (TPSA) is 84.9 Å². The Hall–Kier alpha value is -3.35. The number of carbonyl (C=O) groups is 3. The lowest BCUT2D eigenvalue weighted by Gasteiger charge is -2.24. The minimum absolute atomic E-state index is 0.0137. The van der Waals surface area contributed by atoms with Gasteiger partial charge in [0.15, 0.2) is 0 Å². The van der Waals surface area contributed by atoms with E-state index in [1.54, 1.807) is 29.3 Å². The summed E-state index contributed by atoms with van der Waals surface area (Å²) >= 11 is 0. The van der Waals surface area contributed by atoms with Crippen LogP contribution in [0.15, 0.2) is 53.9 Å². The molecule has 0 saturated heterocycles. The van der Waals surface area contributed by atoms with Crippen LogP contribution < -0.4 is 10.2 Å². The number of aryl methyl sites for hydroxylation is 1. The minimum atomic E-state index is -0.677. The van der Waals surface area contributed by atoms with E-state index < -0.39 is 11.9 Å². The molecule has 1 saturated carbocycles. The number of benzene rings is 1. The van der Waals surface area contributed by atoms with Crippen LogP contribution in [0.2, 0.25) is 0 Å². The van der Waals surface area contributed by atoms with Crippen LogP contribution in [0, 0.1) is 12.8 Å². The molecule has 1 amide bonds. The Morgan fingerprint density at radius 1 is 1.03 bits per heavy atom. The fraction of sp³-hybridized carbons (Fsp3) is 0.348. The monoisotopic (exact) mass is 410 g/mol. The number of esters is 2. The highest BCUT2D eigenvalue weighted by Gasteiger charge is 2.28. The summed E-state index contributed by atoms with van der Waals surface area (Å²) in [5.41, 5.74) is 2.28. The first-order chi connectivity index (χ1) is 14.5. The molecule has 1 N–H and O–H groups in total. The molecule has 3 rings (SSSR count). The first-order valence-corrected chi connectivity index (χ1v) is 9.92. The van der Waals surface area contributed by atoms with Gasteiger partial charge in [0, 0.05) is 23.5 Å². The van der Waals surface area contributed by atoms with Crippen LogP contribution in [0.4, 0.5) is 11.4 Å². The molecule has 0 spiro atoms. The van der Waals surface area contributed by atoms with Gasteiger partial charge in [0.2, 0.25) is 5.91 Å². The van der Waals surface area contributed by atoms with E-state index in [0.29, 0.717) is 11.4 Å². The number of methoxy groups -OCH3 is 2. The van der Waals surface area contributed by atoms with E-state index in [1.165, 1.54) is 20.3 Å². The minimum Gasteiger partial charge on any atom is -0.465 e. The Labute approximate surface area is 176 Å². The van der Waals surface area contributed by atoms with Crippen LogP contribution >= 0.6 is 0 Å². The van der Waals surface area contributed by atoms with Crippen molar-refractivity contribution in [3.8, 4) is 0 Å². The van der Waals surface area contributed by atoms with Gasteiger partial charge >= 0.3 is 11.9 Å². The fourth-order valence-corrected chi connectivity index (χ4v) is 3.68. The van der Waals surface area contributed by atoms with Gasteiger partial charge in [0.25, 0.3) is 0 Å². The normalized spacial score (nSPS) is 16.4. The summed E-state index contributed by atoms with van der Waals surface area (Å²) in [7, 11) is 2.51. The molecule has 1 fully saturated rings. The molecule has 0 unspecified atom stereocenters. The highest BCUT2D eigenvalue weighted by molar-refractivity contribution is 6.05. The lowest BCUT2D eigenvalue weighted by Crippen LogP contribution is -2.27. The number of amides is 1. The van der Waals surface area contributed by atoms with E-state index >= 15 is 0 Å². The van der Waals surface area contributed by atoms with E-state index in [4.69, 9.17) is 9.47 Å². The Kier molecular flexibility index (Phi) is 6.72. The highest BCUT2D eigenvalue weighted by Crippen LogP contribution is 2.31. The third kappa shape index (κ3) is 4.45. The number of hydrogen-bond acceptors (Lipinski definition) is 6. The molecule has 2 aliphatic rings. The zero-order chi connectivity index (χ0) is 21.7. The molecule has 0 atom stereocenters. The number of ether oxygens (including phenoxy) is 2. The van der Waals surface area contributed by atoms with Crippen LogP contribution in [0.1, 0.15) is 31.2 Å². The summed E-state index contributed by atoms with van der Waals surface area (Å²) in [5, 5.41) is 3.02. The quantitative estimate of drug-likeness (QED) is 0.747. The number of hydrogen-bond donors (Lipinski definition) is 1. The van der Waals surface area contributed by atoms with E-state index in [2.05, 4.69) is 5.32 Å². The second-order valence-corrected chi connectivity index (χ2v) is 7.29. The molecular formula is C23H26N2O5. The van der Waals surface area contributed by atoms with Crippen LogP contribution in [0.3, 0.4) is 0 Å². The van der Waals surface area contributed by atoms with Gasteiger partial charge in [-0.05, 0) is 49.6 Å². The van der Waals surface area contributed by atoms with Gasteiger partial charge < -0.3 is 19.7 Å². The number of nitrogens with one attached hydrogen (secondary N) is 1. The van der Waals surface area contributed by atoms with Crippen LogP contribution in [0.25, 0.3) is 0 Å². The standard InChI is InChI=1S/C23H26N2O5/c1-15-11-12-17(14-19(15)24-21(26)16-8-4-5-9-16)25-13-7-6-10-18(22(27)29-2)20(25)23(28)30-3/h6-7,10-14,16H,4-5,8-9H2,1-3H3,(H,24,26). The lowest BCUT2D eigenvalue weighted by atomic mass is 10.1. The van der Waals surface area contributed by atoms with Crippen molar-refractivity contribution in [3.05, 3.63) is 59.5 Å². The molecule has 30 heavy (non-hydrogen) atoms. The van der Waals surface area contributed by atoms with Crippen LogP contribution in [0.5, 0.6) is 0 Å². The maximum atomic E-state index is 12.6. The van der Waals surface area contributed by atoms with Crippen LogP contribution in [-0.2, 0) is 23.9 Å². The summed E-state index contributed by atoms with van der Waals surface area (Å²) in [6.07, 6.45) is 10.5. The van der Waals surface area contributed by atoms with Crippen LogP contribution in [-0.4, -0.2) is 32.1 Å². The molecule has 1 aliphatic heterocycles. The number of nitrogens with zero attached hydrogens (tertiary/aromatic N) is 1. The molecule has 1 aromatic carbocycles. The van der Waals surface area contributed by atoms with E-state index in [9.17, 15) is 14.4 Å². The van der Waals surface area contributed by atoms with E-state index in [-0.39, 0.29) is 23.1 Å². The predicted octanol–water partition coefficient (Wildman–Crippen LogP) is 3.61. The van der Waals surface area contributed by atoms with Gasteiger partial charge in [-0.2, -0.15) is 0 Å². The van der Waals surface area contributed by atoms with Crippen molar-refractivity contribution < 1.29 is 23.9 Å². The lowest BCUT2D eigenvalue weighted by molar-refractivity contribution is -0.139. The molecule has 1 aromatic rings. The van der Waals surface area contributed by atoms with Crippen molar-refractivity contribution in [1.29, 1.82) is 0 Å². The second kappa shape index (κ2) is 9.43. The molecular weight excluding hydrogens is 384 g/mol. The second-order valence-electron chi connectivity index (χ2n) is 7.29. The number of allylic oxidation sites excluding steroid dienone is 2. The van der Waals surface area contributed by atoms with Crippen molar-refractivity contribution in [1.82, 2.24) is 0 Å². The molecule has 0 aromatic heterocycles. The third-order valence-electron chi connectivity index (χ3n) is 5.37. The number of carbonyl (C=O) groups excluding carboxylic acids is 3. The van der Waals surface area contributed by atoms with Crippen molar-refractivity contribution in [2.24, 2.45) is 5.92 Å². The average Bonchev–Trinajstić information content (AvgIpc) is 3.21. The maximum Gasteiger partial charge on any atom is 0.355 e. The average molecular weight is 410 g/mol. The largest absolute Gasteiger partial charge is 0.465 e. The Bertz CT molecular complexity index is 939. The zero-order valence-corrected chi connectivity index (χ0v) is 17.4. The van der Waals surface area contributed by atoms with Gasteiger partial charge in [-0.1, -0.05) is 25.0 Å². The molecule has 158 valence electrons. The maximum absolute atomic E-state index is 12.6. The summed E-state index contributed by atoms with van der Waals surface area (Å²) < 4.78 is 9.76. The molecule has 1 heterocycles. The first-order valence-electron chi connectivity index (χ1n) is 9.92. The van der Waals surface area contributed by atoms with Gasteiger partial charge in [-0.3, -0.25) is 4.79 Å². The van der Waals surface area contributed by atoms with Crippen molar-refractivity contribution in [2.75, 3.05) is 24.4 Å². The Balaban J connectivity index is 2.01. The Morgan fingerprint density at radius 3 is 2.40 bits per heavy atom. The summed E-state index contributed by atoms with van der Waals surface area (Å²) in [4.78, 5) is 39.0. The SMILES string of the molecule is COC(=O)C1=C(C(=O)OC)N(c2ccc(C)c(NC(=O)C3CCCC3)c2)C=CC=C1. The molecule has 0 bridgehead atoms. The molecule has 1 aliphatic carbocycles. The highest BCUT2D eigenvalue weighted by atomic mass is 16.5. The van der Waals surface area contributed by atoms with Gasteiger partial charge in [-0.25, -0.2) is 9.59 Å². The zero-order valence-electron chi connectivity index (χ0n) is 17.4. The predicted molar refractivity (Wildman–Crippen MR) is 114 cm³/mol. The van der Waals surface area contributed by atoms with Gasteiger partial charge in [0.05, 0.1) is 19.8 Å². The van der Waals surface area contributed by atoms with Crippen molar-refractivity contribution >= 4 is 29.2 Å². The summed E-state index contributed by atoms with van der Waals surface area (Å²) in [6.45, 7) is 1.91. The van der Waals surface area contributed by atoms with E-state index in [1.807, 2.05) is 19.1 Å². The summed E-state index contributed by atoms with van der Waals surface area (Å²) in [6, 6.07) is 5.46. The van der Waals surface area contributed by atoms with Gasteiger partial charge in [-0.15, -0.1) is 0 Å². The third-order valence-corrected chi connectivity index (χ3v) is 5.37. The smallest absolute Gasteiger partial charge is 0.355 e. The van der Waals surface area contributed by atoms with E-state index in [0.717, 1.165) is 31.2 Å². The number of rotatable bonds is 5.